The number of benzene rings is 4. The van der Waals surface area contributed by atoms with Gasteiger partial charge in [-0.2, -0.15) is 43.2 Å². The molecule has 0 amide bonds. The van der Waals surface area contributed by atoms with Crippen LogP contribution in [0, 0.1) is 27.7 Å². The summed E-state index contributed by atoms with van der Waals surface area (Å²) in [7, 11) is -9.91. The number of halogens is 6. The van der Waals surface area contributed by atoms with Crippen LogP contribution in [0.2, 0.25) is 0 Å². The zero-order chi connectivity index (χ0) is 33.6. The fourth-order valence-corrected chi connectivity index (χ4v) is 6.77. The number of hydrogen-bond donors (Lipinski definition) is 0. The van der Waals surface area contributed by atoms with Gasteiger partial charge in [0.25, 0.3) is 0 Å². The van der Waals surface area contributed by atoms with Gasteiger partial charge in [0.1, 0.15) is 9.79 Å². The molecule has 4 aromatic rings. The lowest BCUT2D eigenvalue weighted by Crippen LogP contribution is -2.55. The third-order valence-electron chi connectivity index (χ3n) is 7.09. The highest BCUT2D eigenvalue weighted by Crippen LogP contribution is 2.61. The van der Waals surface area contributed by atoms with Crippen molar-refractivity contribution in [3.05, 3.63) is 118 Å². The lowest BCUT2D eigenvalue weighted by molar-refractivity contribution is -0.289. The molecular formula is C31H26F6O6S2. The van der Waals surface area contributed by atoms with Gasteiger partial charge in [0, 0.05) is 11.1 Å². The summed E-state index contributed by atoms with van der Waals surface area (Å²) in [6, 6.07) is 14.6. The lowest BCUT2D eigenvalue weighted by Gasteiger charge is -2.40. The molecule has 0 saturated heterocycles. The maximum Gasteiger partial charge on any atom is 0.411 e. The van der Waals surface area contributed by atoms with Crippen molar-refractivity contribution in [1.82, 2.24) is 0 Å². The Bertz CT molecular complexity index is 1790. The van der Waals surface area contributed by atoms with E-state index in [0.717, 1.165) is 62.4 Å². The first-order chi connectivity index (χ1) is 20.7. The summed E-state index contributed by atoms with van der Waals surface area (Å²) >= 11 is 0. The Kier molecular flexibility index (Phi) is 8.81. The minimum atomic E-state index is -6.25. The van der Waals surface area contributed by atoms with Gasteiger partial charge in [-0.15, -0.1) is 0 Å². The van der Waals surface area contributed by atoms with Gasteiger partial charge >= 0.3 is 32.6 Å². The van der Waals surface area contributed by atoms with Crippen LogP contribution in [-0.2, 0) is 25.7 Å². The predicted octanol–water partition coefficient (Wildman–Crippen LogP) is 7.87. The van der Waals surface area contributed by atoms with E-state index in [1.165, 1.54) is 24.3 Å². The summed E-state index contributed by atoms with van der Waals surface area (Å²) in [5.41, 5.74) is -7.79. The van der Waals surface area contributed by atoms with Crippen LogP contribution in [0.3, 0.4) is 0 Å². The van der Waals surface area contributed by atoms with Crippen LogP contribution < -0.4 is 8.37 Å². The number of rotatable bonds is 8. The van der Waals surface area contributed by atoms with Gasteiger partial charge in [0.2, 0.25) is 5.41 Å². The van der Waals surface area contributed by atoms with Crippen molar-refractivity contribution in [1.29, 1.82) is 0 Å². The molecule has 0 saturated carbocycles. The molecule has 0 aromatic heterocycles. The normalized spacial score (nSPS) is 13.0. The molecule has 0 radical (unpaired) electrons. The van der Waals surface area contributed by atoms with Crippen LogP contribution in [0.15, 0.2) is 94.7 Å². The molecule has 4 rings (SSSR count). The summed E-state index contributed by atoms with van der Waals surface area (Å²) in [5, 5.41) is 0. The van der Waals surface area contributed by atoms with E-state index < -0.39 is 70.4 Å². The SMILES string of the molecule is Cc1ccc(S(=O)(=O)Oc2c(C)cccc2C(c2cccc(C)c2OS(=O)(=O)c2ccc(C)cc2)(C(F)(F)F)C(F)(F)F)cc1. The molecule has 14 heteroatoms. The fourth-order valence-electron chi connectivity index (χ4n) is 4.76. The van der Waals surface area contributed by atoms with Crippen LogP contribution in [0.25, 0.3) is 0 Å². The molecule has 0 aliphatic rings. The number of hydrogen-bond acceptors (Lipinski definition) is 6. The van der Waals surface area contributed by atoms with Gasteiger partial charge in [-0.25, -0.2) is 0 Å². The first kappa shape index (κ1) is 33.8. The quantitative estimate of drug-likeness (QED) is 0.140. The van der Waals surface area contributed by atoms with Crippen molar-refractivity contribution >= 4 is 20.2 Å². The molecule has 0 atom stereocenters. The predicted molar refractivity (Wildman–Crippen MR) is 153 cm³/mol. The standard InChI is InChI=1S/C31H26F6O6S2/c1-19-11-15-23(16-12-19)44(38,39)42-27-21(3)7-5-9-25(27)29(30(32,33)34,31(35,36)37)26-10-6-8-22(4)28(26)43-45(40,41)24-17-13-20(2)14-18-24/h5-18H,1-4H3. The molecule has 0 bridgehead atoms. The third-order valence-corrected chi connectivity index (χ3v) is 9.56. The Morgan fingerprint density at radius 1 is 0.489 bits per heavy atom. The molecule has 0 spiro atoms. The van der Waals surface area contributed by atoms with E-state index in [1.54, 1.807) is 13.8 Å². The van der Waals surface area contributed by atoms with Gasteiger partial charge < -0.3 is 8.37 Å². The number of aryl methyl sites for hydroxylation is 4. The Hall–Kier alpha value is -4.04. The summed E-state index contributed by atoms with van der Waals surface area (Å²) in [4.78, 5) is -1.04. The van der Waals surface area contributed by atoms with E-state index in [1.807, 2.05) is 0 Å². The van der Waals surface area contributed by atoms with Crippen molar-refractivity contribution in [2.45, 2.75) is 55.3 Å². The largest absolute Gasteiger partial charge is 0.411 e. The fraction of sp³-hybridized carbons (Fsp3) is 0.226. The highest BCUT2D eigenvalue weighted by atomic mass is 32.2. The molecule has 4 aromatic carbocycles. The topological polar surface area (TPSA) is 86.7 Å². The highest BCUT2D eigenvalue weighted by Gasteiger charge is 2.74. The second-order valence-electron chi connectivity index (χ2n) is 10.3. The third kappa shape index (κ3) is 6.25. The van der Waals surface area contributed by atoms with E-state index in [-0.39, 0.29) is 11.1 Å². The Morgan fingerprint density at radius 3 is 1.09 bits per heavy atom. The van der Waals surface area contributed by atoms with Gasteiger partial charge in [0.05, 0.1) is 0 Å². The molecule has 0 N–H and O–H groups in total. The second-order valence-corrected chi connectivity index (χ2v) is 13.4. The smallest absolute Gasteiger partial charge is 0.378 e. The minimum Gasteiger partial charge on any atom is -0.378 e. The summed E-state index contributed by atoms with van der Waals surface area (Å²) in [5.74, 6) is -2.47. The summed E-state index contributed by atoms with van der Waals surface area (Å²) in [6.07, 6.45) is -12.5. The zero-order valence-corrected chi connectivity index (χ0v) is 25.7. The maximum absolute atomic E-state index is 15.3. The first-order valence-electron chi connectivity index (χ1n) is 13.1. The molecule has 6 nitrogen and oxygen atoms in total. The monoisotopic (exact) mass is 672 g/mol. The first-order valence-corrected chi connectivity index (χ1v) is 15.9. The van der Waals surface area contributed by atoms with Crippen molar-refractivity contribution < 1.29 is 51.5 Å². The van der Waals surface area contributed by atoms with E-state index in [2.05, 4.69) is 0 Å². The van der Waals surface area contributed by atoms with Crippen LogP contribution in [0.4, 0.5) is 26.3 Å². The number of para-hydroxylation sites is 2. The Balaban J connectivity index is 2.06. The van der Waals surface area contributed by atoms with Crippen LogP contribution in [0.5, 0.6) is 11.5 Å². The van der Waals surface area contributed by atoms with E-state index in [4.69, 9.17) is 8.37 Å². The molecule has 0 fully saturated rings. The van der Waals surface area contributed by atoms with Crippen molar-refractivity contribution in [2.24, 2.45) is 0 Å². The average Bonchev–Trinajstić information content (AvgIpc) is 2.91. The van der Waals surface area contributed by atoms with Gasteiger partial charge in [-0.05, 0) is 63.1 Å². The molecular weight excluding hydrogens is 646 g/mol. The van der Waals surface area contributed by atoms with Crippen LogP contribution in [-0.4, -0.2) is 29.2 Å². The maximum atomic E-state index is 15.3. The molecule has 0 unspecified atom stereocenters. The van der Waals surface area contributed by atoms with Crippen molar-refractivity contribution in [2.75, 3.05) is 0 Å². The average molecular weight is 673 g/mol. The molecule has 240 valence electrons. The van der Waals surface area contributed by atoms with Crippen LogP contribution >= 0.6 is 0 Å². The molecule has 0 heterocycles. The number of alkyl halides is 6. The summed E-state index contributed by atoms with van der Waals surface area (Å²) in [6.45, 7) is 5.43. The Labute approximate surface area is 256 Å². The summed E-state index contributed by atoms with van der Waals surface area (Å²) < 4.78 is 155. The lowest BCUT2D eigenvalue weighted by atomic mass is 9.71. The van der Waals surface area contributed by atoms with Gasteiger partial charge in [-0.1, -0.05) is 71.8 Å². The molecule has 0 aliphatic heterocycles. The van der Waals surface area contributed by atoms with Crippen molar-refractivity contribution in [3.8, 4) is 11.5 Å². The van der Waals surface area contributed by atoms with Gasteiger partial charge in [-0.3, -0.25) is 0 Å². The Morgan fingerprint density at radius 2 is 0.800 bits per heavy atom. The van der Waals surface area contributed by atoms with E-state index >= 15 is 26.3 Å². The van der Waals surface area contributed by atoms with Crippen LogP contribution in [0.1, 0.15) is 33.4 Å². The van der Waals surface area contributed by atoms with Gasteiger partial charge in [0.15, 0.2) is 11.5 Å². The minimum absolute atomic E-state index is 0.372. The highest BCUT2D eigenvalue weighted by molar-refractivity contribution is 7.87. The second kappa shape index (κ2) is 11.7. The van der Waals surface area contributed by atoms with Crippen molar-refractivity contribution in [3.63, 3.8) is 0 Å². The molecule has 45 heavy (non-hydrogen) atoms. The zero-order valence-electron chi connectivity index (χ0n) is 24.1. The van der Waals surface area contributed by atoms with E-state index in [0.29, 0.717) is 23.3 Å². The molecule has 0 aliphatic carbocycles. The van der Waals surface area contributed by atoms with E-state index in [9.17, 15) is 16.8 Å².